The summed E-state index contributed by atoms with van der Waals surface area (Å²) < 4.78 is 2.15. The maximum Gasteiger partial charge on any atom is 0.270 e. The highest BCUT2D eigenvalue weighted by atomic mass is 16.2. The molecule has 0 saturated carbocycles. The lowest BCUT2D eigenvalue weighted by molar-refractivity contribution is 0.0587. The summed E-state index contributed by atoms with van der Waals surface area (Å²) in [4.78, 5) is 18.5. The Morgan fingerprint density at radius 1 is 0.865 bits per heavy atom. The minimum Gasteiger partial charge on any atom is -0.335 e. The number of hydrogen-bond acceptors (Lipinski definition) is 2. The van der Waals surface area contributed by atoms with Crippen LogP contribution in [0, 0.1) is 6.92 Å². The summed E-state index contributed by atoms with van der Waals surface area (Å²) in [6.07, 6.45) is 1.88. The van der Waals surface area contributed by atoms with Crippen molar-refractivity contribution < 1.29 is 4.79 Å². The molecule has 37 heavy (non-hydrogen) atoms. The highest BCUT2D eigenvalue weighted by Crippen LogP contribution is 2.32. The van der Waals surface area contributed by atoms with E-state index in [0.29, 0.717) is 25.6 Å². The van der Waals surface area contributed by atoms with Crippen molar-refractivity contribution in [3.63, 3.8) is 0 Å². The van der Waals surface area contributed by atoms with Gasteiger partial charge in [0.05, 0.1) is 6.04 Å². The van der Waals surface area contributed by atoms with Crippen LogP contribution in [0.15, 0.2) is 91.5 Å². The standard InChI is InChI=1S/C33H37N3O/c1-5-18-36-30-17-16-28(24(2)3)23-29(30)25(4)31(36)33(37)35-21-19-34(20-22-35)32(26-12-8-6-9-13-26)27-14-10-7-11-15-27/h5-17,23-24,32H,1,18-22H2,2-4H3. The van der Waals surface area contributed by atoms with E-state index in [-0.39, 0.29) is 11.9 Å². The van der Waals surface area contributed by atoms with Gasteiger partial charge in [-0.1, -0.05) is 86.7 Å². The predicted molar refractivity (Wildman–Crippen MR) is 153 cm³/mol. The average Bonchev–Trinajstić information content (AvgIpc) is 3.21. The Morgan fingerprint density at radius 2 is 1.46 bits per heavy atom. The number of carbonyl (C=O) groups excluding carboxylic acids is 1. The molecule has 1 aromatic heterocycles. The van der Waals surface area contributed by atoms with Crippen molar-refractivity contribution in [2.75, 3.05) is 26.2 Å². The van der Waals surface area contributed by atoms with Crippen molar-refractivity contribution in [3.8, 4) is 0 Å². The first-order chi connectivity index (χ1) is 18.0. The van der Waals surface area contributed by atoms with Crippen molar-refractivity contribution in [3.05, 3.63) is 119 Å². The zero-order valence-electron chi connectivity index (χ0n) is 22.2. The van der Waals surface area contributed by atoms with Crippen molar-refractivity contribution in [2.24, 2.45) is 0 Å². The fourth-order valence-corrected chi connectivity index (χ4v) is 5.71. The number of aromatic nitrogens is 1. The van der Waals surface area contributed by atoms with Gasteiger partial charge >= 0.3 is 0 Å². The van der Waals surface area contributed by atoms with Gasteiger partial charge in [-0.25, -0.2) is 0 Å². The van der Waals surface area contributed by atoms with Crippen molar-refractivity contribution in [1.82, 2.24) is 14.4 Å². The van der Waals surface area contributed by atoms with Crippen LogP contribution in [0.3, 0.4) is 0 Å². The molecule has 0 atom stereocenters. The van der Waals surface area contributed by atoms with Crippen LogP contribution >= 0.6 is 0 Å². The van der Waals surface area contributed by atoms with E-state index in [4.69, 9.17) is 0 Å². The zero-order valence-corrected chi connectivity index (χ0v) is 22.2. The van der Waals surface area contributed by atoms with Gasteiger partial charge in [0.2, 0.25) is 0 Å². The normalized spacial score (nSPS) is 14.6. The third-order valence-electron chi connectivity index (χ3n) is 7.72. The second-order valence-corrected chi connectivity index (χ2v) is 10.4. The maximum absolute atomic E-state index is 14.0. The van der Waals surface area contributed by atoms with E-state index in [1.165, 1.54) is 22.1 Å². The first-order valence-electron chi connectivity index (χ1n) is 13.4. The molecule has 0 spiro atoms. The van der Waals surface area contributed by atoms with Crippen LogP contribution in [0.1, 0.15) is 58.5 Å². The molecule has 0 N–H and O–H groups in total. The van der Waals surface area contributed by atoms with Gasteiger partial charge in [0.1, 0.15) is 5.69 Å². The third kappa shape index (κ3) is 4.86. The lowest BCUT2D eigenvalue weighted by Crippen LogP contribution is -2.50. The Hall–Kier alpha value is -3.63. The lowest BCUT2D eigenvalue weighted by Gasteiger charge is -2.40. The molecule has 4 nitrogen and oxygen atoms in total. The number of nitrogens with zero attached hydrogens (tertiary/aromatic N) is 3. The first kappa shape index (κ1) is 25.0. The molecule has 5 rings (SSSR count). The second kappa shape index (κ2) is 10.8. The van der Waals surface area contributed by atoms with Crippen molar-refractivity contribution in [2.45, 2.75) is 39.3 Å². The van der Waals surface area contributed by atoms with E-state index in [9.17, 15) is 4.79 Å². The van der Waals surface area contributed by atoms with E-state index >= 15 is 0 Å². The van der Waals surface area contributed by atoms with Crippen LogP contribution in [-0.2, 0) is 6.54 Å². The Labute approximate surface area is 220 Å². The molecule has 0 aliphatic carbocycles. The summed E-state index contributed by atoms with van der Waals surface area (Å²) in [6.45, 7) is 14.2. The zero-order chi connectivity index (χ0) is 25.9. The molecule has 0 unspecified atom stereocenters. The van der Waals surface area contributed by atoms with Gasteiger partial charge in [-0.05, 0) is 47.2 Å². The summed E-state index contributed by atoms with van der Waals surface area (Å²) >= 11 is 0. The van der Waals surface area contributed by atoms with E-state index in [2.05, 4.69) is 116 Å². The number of rotatable bonds is 7. The quantitative estimate of drug-likeness (QED) is 0.266. The number of allylic oxidation sites excluding steroid dienone is 1. The van der Waals surface area contributed by atoms with Gasteiger partial charge in [0.15, 0.2) is 0 Å². The molecule has 1 aliphatic rings. The molecule has 1 fully saturated rings. The molecule has 4 aromatic rings. The predicted octanol–water partition coefficient (Wildman–Crippen LogP) is 6.81. The number of benzene rings is 3. The molecule has 1 saturated heterocycles. The maximum atomic E-state index is 14.0. The Kier molecular flexibility index (Phi) is 7.29. The topological polar surface area (TPSA) is 28.5 Å². The van der Waals surface area contributed by atoms with Crippen LogP contribution in [0.25, 0.3) is 10.9 Å². The van der Waals surface area contributed by atoms with Crippen molar-refractivity contribution >= 4 is 16.8 Å². The van der Waals surface area contributed by atoms with Crippen LogP contribution < -0.4 is 0 Å². The van der Waals surface area contributed by atoms with Gasteiger partial charge in [-0.15, -0.1) is 6.58 Å². The summed E-state index contributed by atoms with van der Waals surface area (Å²) in [6, 6.07) is 28.2. The summed E-state index contributed by atoms with van der Waals surface area (Å²) in [5, 5.41) is 1.17. The monoisotopic (exact) mass is 491 g/mol. The number of carbonyl (C=O) groups is 1. The molecule has 0 bridgehead atoms. The van der Waals surface area contributed by atoms with E-state index in [1.807, 2.05) is 11.0 Å². The average molecular weight is 492 g/mol. The highest BCUT2D eigenvalue weighted by molar-refractivity contribution is 6.02. The van der Waals surface area contributed by atoms with Crippen LogP contribution in [0.5, 0.6) is 0 Å². The van der Waals surface area contributed by atoms with E-state index < -0.39 is 0 Å². The van der Waals surface area contributed by atoms with Gasteiger partial charge in [0.25, 0.3) is 5.91 Å². The van der Waals surface area contributed by atoms with E-state index in [0.717, 1.165) is 29.9 Å². The van der Waals surface area contributed by atoms with E-state index in [1.54, 1.807) is 0 Å². The largest absolute Gasteiger partial charge is 0.335 e. The number of aryl methyl sites for hydroxylation is 1. The highest BCUT2D eigenvalue weighted by Gasteiger charge is 2.31. The van der Waals surface area contributed by atoms with Gasteiger partial charge < -0.3 is 9.47 Å². The number of hydrogen-bond donors (Lipinski definition) is 0. The summed E-state index contributed by atoms with van der Waals surface area (Å²) in [5.41, 5.74) is 6.85. The molecule has 1 aliphatic heterocycles. The molecular formula is C33H37N3O. The summed E-state index contributed by atoms with van der Waals surface area (Å²) in [7, 11) is 0. The smallest absolute Gasteiger partial charge is 0.270 e. The fourth-order valence-electron chi connectivity index (χ4n) is 5.71. The molecule has 190 valence electrons. The molecule has 2 heterocycles. The molecule has 4 heteroatoms. The summed E-state index contributed by atoms with van der Waals surface area (Å²) in [5.74, 6) is 0.568. The molecular weight excluding hydrogens is 454 g/mol. The first-order valence-corrected chi connectivity index (χ1v) is 13.4. The van der Waals surface area contributed by atoms with Crippen LogP contribution in [0.4, 0.5) is 0 Å². The fraction of sp³-hybridized carbons (Fsp3) is 0.303. The minimum absolute atomic E-state index is 0.122. The Balaban J connectivity index is 1.42. The Morgan fingerprint density at radius 3 is 2.00 bits per heavy atom. The number of amides is 1. The van der Waals surface area contributed by atoms with Crippen LogP contribution in [0.2, 0.25) is 0 Å². The SMILES string of the molecule is C=CCn1c(C(=O)N2CCN(C(c3ccccc3)c3ccccc3)CC2)c(C)c2cc(C(C)C)ccc21. The minimum atomic E-state index is 0.122. The third-order valence-corrected chi connectivity index (χ3v) is 7.72. The van der Waals surface area contributed by atoms with Gasteiger partial charge in [-0.2, -0.15) is 0 Å². The second-order valence-electron chi connectivity index (χ2n) is 10.4. The van der Waals surface area contributed by atoms with Crippen molar-refractivity contribution in [1.29, 1.82) is 0 Å². The lowest BCUT2D eigenvalue weighted by atomic mass is 9.96. The molecule has 0 radical (unpaired) electrons. The van der Waals surface area contributed by atoms with Gasteiger partial charge in [0, 0.05) is 43.6 Å². The molecule has 3 aromatic carbocycles. The van der Waals surface area contributed by atoms with Gasteiger partial charge in [-0.3, -0.25) is 9.69 Å². The number of piperazine rings is 1. The molecule has 1 amide bonds. The Bertz CT molecular complexity index is 1340. The van der Waals surface area contributed by atoms with Crippen LogP contribution in [-0.4, -0.2) is 46.5 Å². The number of fused-ring (bicyclic) bond motifs is 1.